The van der Waals surface area contributed by atoms with Gasteiger partial charge in [-0.1, -0.05) is 30.3 Å². The van der Waals surface area contributed by atoms with Crippen LogP contribution in [0.1, 0.15) is 37.8 Å². The van der Waals surface area contributed by atoms with Crippen LogP contribution in [0.2, 0.25) is 0 Å². The maximum absolute atomic E-state index is 13.2. The summed E-state index contributed by atoms with van der Waals surface area (Å²) in [5.41, 5.74) is -0.616. The Morgan fingerprint density at radius 1 is 1.19 bits per heavy atom. The van der Waals surface area contributed by atoms with E-state index in [0.29, 0.717) is 0 Å². The topological polar surface area (TPSA) is 54.5 Å². The summed E-state index contributed by atoms with van der Waals surface area (Å²) in [5.74, 6) is -0.728. The summed E-state index contributed by atoms with van der Waals surface area (Å²) in [6, 6.07) is 12.4. The van der Waals surface area contributed by atoms with Gasteiger partial charge in [0.2, 0.25) is 11.8 Å². The number of aromatic nitrogens is 1. The first-order valence-electron chi connectivity index (χ1n) is 10.8. The number of nitrogens with one attached hydrogen (secondary N) is 1. The van der Waals surface area contributed by atoms with E-state index in [2.05, 4.69) is 27.3 Å². The molecule has 2 fully saturated rings. The lowest BCUT2D eigenvalue weighted by atomic mass is 9.91. The highest BCUT2D eigenvalue weighted by Gasteiger charge is 2.55. The number of amides is 1. The maximum Gasteiger partial charge on any atom is 0.421 e. The van der Waals surface area contributed by atoms with Gasteiger partial charge < -0.3 is 10.1 Å². The van der Waals surface area contributed by atoms with E-state index in [1.54, 1.807) is 13.8 Å². The molecule has 1 aliphatic heterocycles. The smallest absolute Gasteiger partial charge is 0.421 e. The number of likely N-dealkylation sites (tertiary alicyclic amines) is 1. The van der Waals surface area contributed by atoms with E-state index in [1.807, 2.05) is 18.2 Å². The standard InChI is InChI=1S/C24H28F3N3O2/c1-22(2,16-32-20-18(24(25,26)27)9-6-12-28-20)21(31)29-19-14-30(15-23(19)10-11-23)13-17-7-4-3-5-8-17/h3-9,12,19H,10-11,13-16H2,1-2H3,(H,29,31)/t19-/m1/s1. The second-order valence-corrected chi connectivity index (χ2v) is 9.57. The highest BCUT2D eigenvalue weighted by Crippen LogP contribution is 2.53. The molecular formula is C24H28F3N3O2. The number of alkyl halides is 3. The van der Waals surface area contributed by atoms with Gasteiger partial charge in [-0.2, -0.15) is 13.2 Å². The number of hydrogen-bond acceptors (Lipinski definition) is 4. The Hall–Kier alpha value is -2.61. The van der Waals surface area contributed by atoms with Crippen LogP contribution in [-0.2, 0) is 17.5 Å². The van der Waals surface area contributed by atoms with Crippen LogP contribution in [0.3, 0.4) is 0 Å². The van der Waals surface area contributed by atoms with Crippen LogP contribution >= 0.6 is 0 Å². The fraction of sp³-hybridized carbons (Fsp3) is 0.500. The molecule has 1 aromatic heterocycles. The van der Waals surface area contributed by atoms with E-state index in [4.69, 9.17) is 4.74 Å². The molecule has 2 aliphatic rings. The van der Waals surface area contributed by atoms with Gasteiger partial charge in [0.15, 0.2) is 0 Å². The van der Waals surface area contributed by atoms with Gasteiger partial charge in [-0.25, -0.2) is 4.98 Å². The number of pyridine rings is 1. The molecule has 32 heavy (non-hydrogen) atoms. The Morgan fingerprint density at radius 2 is 1.91 bits per heavy atom. The number of hydrogen-bond donors (Lipinski definition) is 1. The van der Waals surface area contributed by atoms with Gasteiger partial charge in [-0.05, 0) is 44.4 Å². The van der Waals surface area contributed by atoms with Gasteiger partial charge >= 0.3 is 6.18 Å². The zero-order valence-electron chi connectivity index (χ0n) is 18.3. The van der Waals surface area contributed by atoms with Gasteiger partial charge in [0.05, 0.1) is 5.41 Å². The molecule has 1 spiro atoms. The van der Waals surface area contributed by atoms with Crippen molar-refractivity contribution in [3.05, 3.63) is 59.8 Å². The van der Waals surface area contributed by atoms with Crippen molar-refractivity contribution in [2.75, 3.05) is 19.7 Å². The van der Waals surface area contributed by atoms with Crippen molar-refractivity contribution in [1.82, 2.24) is 15.2 Å². The van der Waals surface area contributed by atoms with Gasteiger partial charge in [0, 0.05) is 37.3 Å². The number of ether oxygens (including phenoxy) is 1. The number of benzene rings is 1. The van der Waals surface area contributed by atoms with Crippen LogP contribution in [-0.4, -0.2) is 41.5 Å². The van der Waals surface area contributed by atoms with Crippen LogP contribution in [0.25, 0.3) is 0 Å². The number of carbonyl (C=O) groups is 1. The zero-order valence-corrected chi connectivity index (χ0v) is 18.3. The summed E-state index contributed by atoms with van der Waals surface area (Å²) in [5, 5.41) is 3.17. The first-order valence-corrected chi connectivity index (χ1v) is 10.8. The molecule has 1 saturated carbocycles. The van der Waals surface area contributed by atoms with E-state index in [9.17, 15) is 18.0 Å². The van der Waals surface area contributed by atoms with E-state index in [0.717, 1.165) is 38.5 Å². The molecule has 1 N–H and O–H groups in total. The summed E-state index contributed by atoms with van der Waals surface area (Å²) < 4.78 is 44.9. The number of halogens is 3. The van der Waals surface area contributed by atoms with Gasteiger partial charge in [-0.15, -0.1) is 0 Å². The molecule has 2 aromatic rings. The van der Waals surface area contributed by atoms with Crippen molar-refractivity contribution >= 4 is 5.91 Å². The minimum Gasteiger partial charge on any atom is -0.476 e. The third-order valence-corrected chi connectivity index (χ3v) is 6.43. The monoisotopic (exact) mass is 447 g/mol. The predicted octanol–water partition coefficient (Wildman–Crippen LogP) is 4.29. The highest BCUT2D eigenvalue weighted by atomic mass is 19.4. The summed E-state index contributed by atoms with van der Waals surface area (Å²) in [6.45, 7) is 5.68. The Morgan fingerprint density at radius 3 is 2.56 bits per heavy atom. The van der Waals surface area contributed by atoms with E-state index < -0.39 is 23.0 Å². The Balaban J connectivity index is 1.37. The molecule has 1 atom stereocenters. The molecule has 5 nitrogen and oxygen atoms in total. The third-order valence-electron chi connectivity index (χ3n) is 6.43. The van der Waals surface area contributed by atoms with Gasteiger partial charge in [0.25, 0.3) is 0 Å². The average Bonchev–Trinajstić information content (AvgIpc) is 3.44. The third kappa shape index (κ3) is 4.90. The molecule has 1 aliphatic carbocycles. The van der Waals surface area contributed by atoms with Crippen LogP contribution in [0.4, 0.5) is 13.2 Å². The van der Waals surface area contributed by atoms with Crippen molar-refractivity contribution in [2.24, 2.45) is 10.8 Å². The van der Waals surface area contributed by atoms with Crippen molar-refractivity contribution in [3.63, 3.8) is 0 Å². The SMILES string of the molecule is CC(C)(COc1ncccc1C(F)(F)F)C(=O)N[C@@H]1CN(Cc2ccccc2)CC12CC2. The summed E-state index contributed by atoms with van der Waals surface area (Å²) in [4.78, 5) is 19.1. The molecule has 0 bridgehead atoms. The molecule has 0 unspecified atom stereocenters. The van der Waals surface area contributed by atoms with E-state index in [-0.39, 0.29) is 24.0 Å². The first-order chi connectivity index (χ1) is 15.1. The molecule has 1 amide bonds. The van der Waals surface area contributed by atoms with Crippen molar-refractivity contribution in [2.45, 2.75) is 45.5 Å². The molecular weight excluding hydrogens is 419 g/mol. The van der Waals surface area contributed by atoms with Gasteiger partial charge in [0.1, 0.15) is 12.2 Å². The van der Waals surface area contributed by atoms with Crippen LogP contribution in [0.15, 0.2) is 48.7 Å². The molecule has 8 heteroatoms. The Labute approximate surface area is 186 Å². The Kier molecular flexibility index (Phi) is 5.92. The van der Waals surface area contributed by atoms with Crippen LogP contribution in [0, 0.1) is 10.8 Å². The van der Waals surface area contributed by atoms with Crippen molar-refractivity contribution in [3.8, 4) is 5.88 Å². The molecule has 1 saturated heterocycles. The molecule has 172 valence electrons. The van der Waals surface area contributed by atoms with Crippen LogP contribution < -0.4 is 10.1 Å². The Bertz CT molecular complexity index is 958. The fourth-order valence-corrected chi connectivity index (χ4v) is 4.29. The lowest BCUT2D eigenvalue weighted by molar-refractivity contribution is -0.139. The van der Waals surface area contributed by atoms with Crippen LogP contribution in [0.5, 0.6) is 5.88 Å². The molecule has 0 radical (unpaired) electrons. The number of carbonyl (C=O) groups excluding carboxylic acids is 1. The highest BCUT2D eigenvalue weighted by molar-refractivity contribution is 5.82. The lowest BCUT2D eigenvalue weighted by Crippen LogP contribution is -2.49. The minimum absolute atomic E-state index is 0.0265. The van der Waals surface area contributed by atoms with E-state index >= 15 is 0 Å². The van der Waals surface area contributed by atoms with Crippen molar-refractivity contribution < 1.29 is 22.7 Å². The molecule has 1 aromatic carbocycles. The first kappa shape index (κ1) is 22.6. The summed E-state index contributed by atoms with van der Waals surface area (Å²) in [6.07, 6.45) is -1.18. The van der Waals surface area contributed by atoms with Gasteiger partial charge in [-0.3, -0.25) is 9.69 Å². The maximum atomic E-state index is 13.2. The van der Waals surface area contributed by atoms with Crippen molar-refractivity contribution in [1.29, 1.82) is 0 Å². The average molecular weight is 448 g/mol. The second-order valence-electron chi connectivity index (χ2n) is 9.57. The lowest BCUT2D eigenvalue weighted by Gasteiger charge is -2.28. The summed E-state index contributed by atoms with van der Waals surface area (Å²) >= 11 is 0. The van der Waals surface area contributed by atoms with E-state index in [1.165, 1.54) is 17.8 Å². The number of rotatable bonds is 7. The molecule has 4 rings (SSSR count). The zero-order chi connectivity index (χ0) is 23.0. The number of nitrogens with zero attached hydrogens (tertiary/aromatic N) is 2. The summed E-state index contributed by atoms with van der Waals surface area (Å²) in [7, 11) is 0. The minimum atomic E-state index is -4.57. The fourth-order valence-electron chi connectivity index (χ4n) is 4.29. The quantitative estimate of drug-likeness (QED) is 0.688. The second kappa shape index (κ2) is 8.39. The predicted molar refractivity (Wildman–Crippen MR) is 114 cm³/mol. The largest absolute Gasteiger partial charge is 0.476 e. The normalized spacial score (nSPS) is 20.3. The molecule has 2 heterocycles.